The Balaban J connectivity index is 0.00000228. The van der Waals surface area contributed by atoms with Gasteiger partial charge < -0.3 is 29.7 Å². The van der Waals surface area contributed by atoms with Crippen molar-refractivity contribution in [2.45, 2.75) is 55.0 Å². The van der Waals surface area contributed by atoms with Crippen LogP contribution in [0.5, 0.6) is 0 Å². The summed E-state index contributed by atoms with van der Waals surface area (Å²) in [6, 6.07) is 13.5. The third-order valence-electron chi connectivity index (χ3n) is 6.78. The van der Waals surface area contributed by atoms with Crippen molar-refractivity contribution in [2.24, 2.45) is 0 Å². The van der Waals surface area contributed by atoms with Gasteiger partial charge in [0, 0.05) is 38.8 Å². The first-order chi connectivity index (χ1) is 16.1. The fraction of sp³-hybridized carbons (Fsp3) is 0.333. The Morgan fingerprint density at radius 1 is 0.722 bits per heavy atom. The van der Waals surface area contributed by atoms with Crippen molar-refractivity contribution in [3.05, 3.63) is 99.9 Å². The van der Waals surface area contributed by atoms with Crippen LogP contribution in [-0.2, 0) is 6.54 Å². The Bertz CT molecular complexity index is 1320. The predicted molar refractivity (Wildman–Crippen MR) is 141 cm³/mol. The summed E-state index contributed by atoms with van der Waals surface area (Å²) in [6.07, 6.45) is 6.64. The number of rotatable bonds is 5. The fourth-order valence-electron chi connectivity index (χ4n) is 5.32. The minimum absolute atomic E-state index is 0. The van der Waals surface area contributed by atoms with Gasteiger partial charge in [-0.15, -0.1) is 0 Å². The molecule has 0 radical (unpaired) electrons. The Hall–Kier alpha value is -2.82. The third kappa shape index (κ3) is 5.61. The summed E-state index contributed by atoms with van der Waals surface area (Å²) < 4.78 is 7.06. The van der Waals surface area contributed by atoms with Crippen LogP contribution in [0.4, 0.5) is 5.69 Å². The average Bonchev–Trinajstić information content (AvgIpc) is 3.03. The second-order valence-electron chi connectivity index (χ2n) is 10.0. The number of anilines is 1. The topological polar surface area (TPSA) is 15.9 Å². The fourth-order valence-corrected chi connectivity index (χ4v) is 5.32. The molecule has 0 aliphatic rings. The highest BCUT2D eigenvalue weighted by molar-refractivity contribution is 5.51. The van der Waals surface area contributed by atoms with E-state index in [4.69, 9.17) is 0 Å². The number of halogens is 2. The predicted octanol–water partition coefficient (Wildman–Crippen LogP) is -0.677. The Kier molecular flexibility index (Phi) is 9.39. The van der Waals surface area contributed by atoms with Crippen molar-refractivity contribution < 1.29 is 33.9 Å². The minimum atomic E-state index is 0. The lowest BCUT2D eigenvalue weighted by Crippen LogP contribution is -3.00. The number of hydrogen-bond donors (Lipinski definition) is 0. The van der Waals surface area contributed by atoms with Crippen molar-refractivity contribution in [2.75, 3.05) is 19.0 Å². The van der Waals surface area contributed by atoms with Crippen molar-refractivity contribution in [1.29, 1.82) is 0 Å². The third-order valence-corrected chi connectivity index (χ3v) is 6.78. The molecule has 192 valence electrons. The van der Waals surface area contributed by atoms with Gasteiger partial charge in [0.1, 0.15) is 11.4 Å². The zero-order chi connectivity index (χ0) is 24.7. The normalized spacial score (nSPS) is 10.6. The first-order valence-electron chi connectivity index (χ1n) is 12.0. The van der Waals surface area contributed by atoms with E-state index in [0.717, 1.165) is 6.54 Å². The summed E-state index contributed by atoms with van der Waals surface area (Å²) in [6.45, 7) is 16.3. The molecule has 2 aromatic heterocycles. The van der Waals surface area contributed by atoms with E-state index in [9.17, 15) is 0 Å². The van der Waals surface area contributed by atoms with Crippen LogP contribution < -0.4 is 38.8 Å². The van der Waals surface area contributed by atoms with Crippen molar-refractivity contribution >= 4 is 5.69 Å². The van der Waals surface area contributed by atoms with Gasteiger partial charge in [-0.2, -0.15) is 13.7 Å². The van der Waals surface area contributed by atoms with Crippen molar-refractivity contribution in [3.63, 3.8) is 0 Å². The van der Waals surface area contributed by atoms with E-state index in [1.165, 1.54) is 61.8 Å². The molecule has 0 aliphatic heterocycles. The lowest BCUT2D eigenvalue weighted by molar-refractivity contribution is -0.715. The maximum atomic E-state index is 2.41. The summed E-state index contributed by atoms with van der Waals surface area (Å²) in [7, 11) is 4.15. The van der Waals surface area contributed by atoms with Crippen LogP contribution in [0, 0.1) is 48.5 Å². The molecule has 0 spiro atoms. The van der Waals surface area contributed by atoms with Crippen LogP contribution in [0.3, 0.4) is 0 Å². The average molecular weight is 526 g/mol. The highest BCUT2D eigenvalue weighted by Gasteiger charge is 2.29. The Morgan fingerprint density at radius 3 is 1.67 bits per heavy atom. The zero-order valence-electron chi connectivity index (χ0n) is 22.9. The summed E-state index contributed by atoms with van der Waals surface area (Å²) >= 11 is 0. The minimum Gasteiger partial charge on any atom is -1.00 e. The molecule has 0 N–H and O–H groups in total. The molecular weight excluding hydrogens is 487 g/mol. The summed E-state index contributed by atoms with van der Waals surface area (Å²) in [5.41, 5.74) is 14.1. The number of imidazole rings is 1. The van der Waals surface area contributed by atoms with E-state index in [-0.39, 0.29) is 24.8 Å². The summed E-state index contributed by atoms with van der Waals surface area (Å²) in [4.78, 5) is 2.13. The number of pyridine rings is 1. The molecule has 4 rings (SSSR count). The Labute approximate surface area is 229 Å². The number of hydrogen-bond acceptors (Lipinski definition) is 1. The first-order valence-corrected chi connectivity index (χ1v) is 12.0. The van der Waals surface area contributed by atoms with Gasteiger partial charge in [-0.3, -0.25) is 0 Å². The van der Waals surface area contributed by atoms with Gasteiger partial charge in [0.15, 0.2) is 18.1 Å². The van der Waals surface area contributed by atoms with Gasteiger partial charge in [0.2, 0.25) is 12.2 Å². The monoisotopic (exact) mass is 524 g/mol. The largest absolute Gasteiger partial charge is 1.00 e. The number of aryl methyl sites for hydroxylation is 6. The van der Waals surface area contributed by atoms with E-state index >= 15 is 0 Å². The second-order valence-corrected chi connectivity index (χ2v) is 10.0. The molecule has 0 fully saturated rings. The van der Waals surface area contributed by atoms with Gasteiger partial charge in [0.25, 0.3) is 6.33 Å². The van der Waals surface area contributed by atoms with E-state index < -0.39 is 0 Å². The molecule has 36 heavy (non-hydrogen) atoms. The molecule has 0 atom stereocenters. The highest BCUT2D eigenvalue weighted by atomic mass is 35.5. The first kappa shape index (κ1) is 29.4. The highest BCUT2D eigenvalue weighted by Crippen LogP contribution is 2.25. The second kappa shape index (κ2) is 11.5. The molecule has 0 saturated heterocycles. The van der Waals surface area contributed by atoms with Gasteiger partial charge in [0.05, 0.1) is 0 Å². The molecular formula is C30H38Cl2N4. The molecule has 0 aliphatic carbocycles. The van der Waals surface area contributed by atoms with Crippen LogP contribution in [0.2, 0.25) is 0 Å². The molecule has 0 unspecified atom stereocenters. The van der Waals surface area contributed by atoms with Crippen LogP contribution in [0.15, 0.2) is 55.1 Å². The lowest BCUT2D eigenvalue weighted by atomic mass is 10.0. The van der Waals surface area contributed by atoms with E-state index in [2.05, 4.69) is 136 Å². The molecule has 2 heterocycles. The number of benzene rings is 2. The quantitative estimate of drug-likeness (QED) is 0.316. The number of aromatic nitrogens is 3. The zero-order valence-corrected chi connectivity index (χ0v) is 24.5. The molecule has 2 aromatic carbocycles. The van der Waals surface area contributed by atoms with E-state index in [1.807, 2.05) is 0 Å². The SMILES string of the molecule is Cc1cc(C)c(-n2c[n+](-c3c(C)cc(C)cc3C)c(C[n+]3ccc(N(C)C)cc3)c2C)c(C)c1.[Cl-].[Cl-]. The molecule has 0 amide bonds. The molecule has 4 aromatic rings. The summed E-state index contributed by atoms with van der Waals surface area (Å²) in [5.74, 6) is 0. The van der Waals surface area contributed by atoms with Crippen LogP contribution in [-0.4, -0.2) is 18.7 Å². The number of nitrogens with zero attached hydrogens (tertiary/aromatic N) is 4. The smallest absolute Gasteiger partial charge is 0.254 e. The maximum Gasteiger partial charge on any atom is 0.254 e. The Morgan fingerprint density at radius 2 is 1.19 bits per heavy atom. The van der Waals surface area contributed by atoms with Crippen molar-refractivity contribution in [3.8, 4) is 11.4 Å². The standard InChI is InChI=1S/C30H38N4.2ClH/c1-20-14-22(3)29(23(4)15-20)33-19-34(30-24(5)16-21(2)17-25(30)6)28(26(33)7)18-32-12-10-27(11-13-32)31(8)9;;/h10-17,19H,18H2,1-9H3;2*1H/q+2;;/p-2. The lowest BCUT2D eigenvalue weighted by Gasteiger charge is -2.11. The van der Waals surface area contributed by atoms with Crippen LogP contribution >= 0.6 is 0 Å². The van der Waals surface area contributed by atoms with Gasteiger partial charge in [-0.05, 0) is 63.8 Å². The van der Waals surface area contributed by atoms with E-state index in [0.29, 0.717) is 0 Å². The van der Waals surface area contributed by atoms with Crippen molar-refractivity contribution in [1.82, 2.24) is 4.57 Å². The van der Waals surface area contributed by atoms with Crippen LogP contribution in [0.25, 0.3) is 11.4 Å². The van der Waals surface area contributed by atoms with Crippen LogP contribution in [0.1, 0.15) is 44.8 Å². The van der Waals surface area contributed by atoms with Gasteiger partial charge in [-0.1, -0.05) is 35.4 Å². The van der Waals surface area contributed by atoms with Gasteiger partial charge in [-0.25, -0.2) is 0 Å². The molecule has 0 bridgehead atoms. The molecule has 6 heteroatoms. The molecule has 4 nitrogen and oxygen atoms in total. The van der Waals surface area contributed by atoms with E-state index in [1.54, 1.807) is 0 Å². The summed E-state index contributed by atoms with van der Waals surface area (Å²) in [5, 5.41) is 0. The van der Waals surface area contributed by atoms with Gasteiger partial charge >= 0.3 is 0 Å². The molecule has 0 saturated carbocycles. The maximum absolute atomic E-state index is 2.41.